The predicted molar refractivity (Wildman–Crippen MR) is 127 cm³/mol. The van der Waals surface area contributed by atoms with Gasteiger partial charge in [0.25, 0.3) is 0 Å². The highest BCUT2D eigenvalue weighted by molar-refractivity contribution is 7.84. The van der Waals surface area contributed by atoms with E-state index < -0.39 is 15.7 Å². The lowest BCUT2D eigenvalue weighted by molar-refractivity contribution is -0.142. The fourth-order valence-electron chi connectivity index (χ4n) is 3.46. The predicted octanol–water partition coefficient (Wildman–Crippen LogP) is 4.54. The van der Waals surface area contributed by atoms with Gasteiger partial charge in [-0.25, -0.2) is 8.93 Å². The Morgan fingerprint density at radius 3 is 2.48 bits per heavy atom. The number of benzene rings is 1. The first-order chi connectivity index (χ1) is 14.6. The van der Waals surface area contributed by atoms with Gasteiger partial charge in [0.05, 0.1) is 45.5 Å². The third-order valence-corrected chi connectivity index (χ3v) is 7.52. The van der Waals surface area contributed by atoms with Gasteiger partial charge < -0.3 is 9.47 Å². The van der Waals surface area contributed by atoms with Crippen molar-refractivity contribution in [2.24, 2.45) is 5.92 Å². The molecule has 0 spiro atoms. The Bertz CT molecular complexity index is 805. The summed E-state index contributed by atoms with van der Waals surface area (Å²) in [6.45, 7) is 11.6. The third-order valence-electron chi connectivity index (χ3n) is 5.22. The van der Waals surface area contributed by atoms with E-state index in [0.29, 0.717) is 22.4 Å². The monoisotopic (exact) mass is 490 g/mol. The van der Waals surface area contributed by atoms with Crippen molar-refractivity contribution in [1.29, 1.82) is 0 Å². The summed E-state index contributed by atoms with van der Waals surface area (Å²) in [6, 6.07) is 3.24. The molecule has 1 saturated heterocycles. The van der Waals surface area contributed by atoms with Gasteiger partial charge in [0.15, 0.2) is 0 Å². The van der Waals surface area contributed by atoms with E-state index in [0.717, 1.165) is 31.5 Å². The largest absolute Gasteiger partial charge is 0.489 e. The molecule has 2 atom stereocenters. The van der Waals surface area contributed by atoms with Crippen LogP contribution >= 0.6 is 23.2 Å². The number of hydrogen-bond acceptors (Lipinski definition) is 5. The number of nitrogens with zero attached hydrogens (tertiary/aromatic N) is 1. The van der Waals surface area contributed by atoms with E-state index in [2.05, 4.69) is 16.2 Å². The lowest BCUT2D eigenvalue weighted by Crippen LogP contribution is -2.44. The number of hydrogen-bond donors (Lipinski definition) is 1. The topological polar surface area (TPSA) is 67.9 Å². The summed E-state index contributed by atoms with van der Waals surface area (Å²) in [5, 5.41) is 0.812. The number of ether oxygens (including phenoxy) is 2. The van der Waals surface area contributed by atoms with Crippen LogP contribution in [0.1, 0.15) is 45.2 Å². The third kappa shape index (κ3) is 7.46. The van der Waals surface area contributed by atoms with Crippen LogP contribution < -0.4 is 9.46 Å². The summed E-state index contributed by atoms with van der Waals surface area (Å²) in [4.78, 5) is 13.7. The fourth-order valence-corrected chi connectivity index (χ4v) is 4.69. The van der Waals surface area contributed by atoms with Gasteiger partial charge in [-0.2, -0.15) is 0 Å². The molecule has 0 aliphatic carbocycles. The zero-order valence-corrected chi connectivity index (χ0v) is 20.9. The summed E-state index contributed by atoms with van der Waals surface area (Å²) >= 11 is 12.6. The lowest BCUT2D eigenvalue weighted by atomic mass is 9.85. The van der Waals surface area contributed by atoms with Crippen LogP contribution in [0, 0.1) is 5.92 Å². The molecule has 0 amide bonds. The molecule has 1 N–H and O–H groups in total. The summed E-state index contributed by atoms with van der Waals surface area (Å²) in [6.07, 6.45) is 3.29. The van der Waals surface area contributed by atoms with Crippen molar-refractivity contribution in [2.45, 2.75) is 44.4 Å². The maximum Gasteiger partial charge on any atom is 0.319 e. The lowest BCUT2D eigenvalue weighted by Gasteiger charge is -2.37. The average molecular weight is 491 g/mol. The zero-order valence-electron chi connectivity index (χ0n) is 18.6. The van der Waals surface area contributed by atoms with E-state index in [1.54, 1.807) is 18.2 Å². The number of esters is 1. The van der Waals surface area contributed by atoms with Crippen LogP contribution in [-0.4, -0.2) is 53.2 Å². The Morgan fingerprint density at radius 1 is 1.32 bits per heavy atom. The first-order valence-electron chi connectivity index (χ1n) is 10.3. The number of halogens is 2. The Morgan fingerprint density at radius 2 is 1.94 bits per heavy atom. The highest BCUT2D eigenvalue weighted by Gasteiger charge is 2.34. The van der Waals surface area contributed by atoms with Crippen LogP contribution in [0.2, 0.25) is 10.0 Å². The number of rotatable bonds is 9. The Labute approximate surface area is 197 Å². The zero-order chi connectivity index (χ0) is 23.2. The van der Waals surface area contributed by atoms with E-state index >= 15 is 0 Å². The smallest absolute Gasteiger partial charge is 0.319 e. The van der Waals surface area contributed by atoms with Gasteiger partial charge in [0.1, 0.15) is 12.4 Å². The molecule has 1 aromatic carbocycles. The second-order valence-electron chi connectivity index (χ2n) is 8.57. The van der Waals surface area contributed by atoms with E-state index in [4.69, 9.17) is 32.7 Å². The number of methoxy groups -OCH3 is 1. The molecule has 174 valence electrons. The minimum atomic E-state index is -1.30. The second-order valence-corrected chi connectivity index (χ2v) is 11.4. The summed E-state index contributed by atoms with van der Waals surface area (Å²) < 4.78 is 26.6. The van der Waals surface area contributed by atoms with Crippen molar-refractivity contribution in [2.75, 3.05) is 33.4 Å². The van der Waals surface area contributed by atoms with Gasteiger partial charge in [-0.05, 0) is 58.7 Å². The minimum absolute atomic E-state index is 0.170. The molecule has 1 heterocycles. The van der Waals surface area contributed by atoms with Gasteiger partial charge in [-0.1, -0.05) is 35.9 Å². The number of nitrogens with one attached hydrogen (secondary N) is 1. The van der Waals surface area contributed by atoms with Crippen molar-refractivity contribution in [3.05, 3.63) is 40.4 Å². The van der Waals surface area contributed by atoms with E-state index in [1.807, 2.05) is 20.8 Å². The molecular weight excluding hydrogens is 459 g/mol. The molecule has 0 saturated carbocycles. The molecule has 0 bridgehead atoms. The second kappa shape index (κ2) is 11.7. The number of carbonyl (C=O) groups excluding carboxylic acids is 1. The van der Waals surface area contributed by atoms with Crippen LogP contribution in [0.3, 0.4) is 0 Å². The van der Waals surface area contributed by atoms with Crippen LogP contribution in [0.15, 0.2) is 24.8 Å². The Balaban J connectivity index is 2.34. The molecule has 1 fully saturated rings. The summed E-state index contributed by atoms with van der Waals surface area (Å²) in [7, 11) is 0.0904. The van der Waals surface area contributed by atoms with Gasteiger partial charge in [-0.15, -0.1) is 0 Å². The molecule has 0 radical (unpaired) electrons. The van der Waals surface area contributed by atoms with Crippen molar-refractivity contribution in [1.82, 2.24) is 9.62 Å². The van der Waals surface area contributed by atoms with E-state index in [1.165, 1.54) is 7.11 Å². The van der Waals surface area contributed by atoms with Crippen molar-refractivity contribution >= 4 is 40.2 Å². The van der Waals surface area contributed by atoms with Gasteiger partial charge in [0.2, 0.25) is 0 Å². The number of piperidine rings is 1. The summed E-state index contributed by atoms with van der Waals surface area (Å²) in [5.74, 6) is 0.518. The SMILES string of the molecule is C=CCOc1cc(Cl)c(Cl)cc1C(NS(=O)C(C)(C)C)C1CCN(CC(=O)OC)CC1. The van der Waals surface area contributed by atoms with Crippen LogP contribution in [0.4, 0.5) is 0 Å². The highest BCUT2D eigenvalue weighted by atomic mass is 35.5. The number of carbonyl (C=O) groups is 1. The molecule has 6 nitrogen and oxygen atoms in total. The standard InChI is InChI=1S/C22H32Cl2N2O4S/c1-6-11-30-19-13-18(24)17(23)12-16(19)21(25-31(28)22(2,3)4)15-7-9-26(10-8-15)14-20(27)29-5/h6,12-13,15,21,25H,1,7-11,14H2,2-5H3. The summed E-state index contributed by atoms with van der Waals surface area (Å²) in [5.41, 5.74) is 0.820. The maximum atomic E-state index is 13.0. The Kier molecular flexibility index (Phi) is 9.83. The van der Waals surface area contributed by atoms with Crippen molar-refractivity contribution in [3.63, 3.8) is 0 Å². The molecule has 2 unspecified atom stereocenters. The highest BCUT2D eigenvalue weighted by Crippen LogP contribution is 2.40. The van der Waals surface area contributed by atoms with Crippen molar-refractivity contribution in [3.8, 4) is 5.75 Å². The van der Waals surface area contributed by atoms with Gasteiger partial charge in [0, 0.05) is 11.6 Å². The van der Waals surface area contributed by atoms with Crippen LogP contribution in [0.5, 0.6) is 5.75 Å². The van der Waals surface area contributed by atoms with E-state index in [9.17, 15) is 9.00 Å². The minimum Gasteiger partial charge on any atom is -0.489 e. The average Bonchev–Trinajstić information content (AvgIpc) is 2.72. The van der Waals surface area contributed by atoms with Crippen LogP contribution in [-0.2, 0) is 20.5 Å². The van der Waals surface area contributed by atoms with E-state index in [-0.39, 0.29) is 24.5 Å². The van der Waals surface area contributed by atoms with Crippen LogP contribution in [0.25, 0.3) is 0 Å². The molecule has 0 aromatic heterocycles. The van der Waals surface area contributed by atoms with Crippen molar-refractivity contribution < 1.29 is 18.5 Å². The molecule has 1 aliphatic heterocycles. The van der Waals surface area contributed by atoms with Gasteiger partial charge >= 0.3 is 5.97 Å². The normalized spacial score (nSPS) is 17.7. The molecule has 1 aliphatic rings. The first-order valence-corrected chi connectivity index (χ1v) is 12.2. The Hall–Kier alpha value is -1.12. The maximum absolute atomic E-state index is 13.0. The first kappa shape index (κ1) is 26.1. The molecule has 9 heteroatoms. The molecule has 2 rings (SSSR count). The molecule has 31 heavy (non-hydrogen) atoms. The molecule has 1 aromatic rings. The number of likely N-dealkylation sites (tertiary alicyclic amines) is 1. The molecular formula is C22H32Cl2N2O4S. The quantitative estimate of drug-likeness (QED) is 0.406. The fraction of sp³-hybridized carbons (Fsp3) is 0.591. The van der Waals surface area contributed by atoms with Gasteiger partial charge in [-0.3, -0.25) is 9.69 Å².